The number of rotatable bonds is 13. The van der Waals surface area contributed by atoms with Gasteiger partial charge in [0, 0.05) is 11.1 Å². The van der Waals surface area contributed by atoms with Crippen molar-refractivity contribution in [2.24, 2.45) is 5.92 Å². The van der Waals surface area contributed by atoms with E-state index in [2.05, 4.69) is 118 Å². The molecule has 0 fully saturated rings. The summed E-state index contributed by atoms with van der Waals surface area (Å²) in [6, 6.07) is 8.30. The number of unbranched alkanes of at least 4 members (excludes halogenated alkanes) is 1. The molecule has 36 heavy (non-hydrogen) atoms. The first-order valence-electron chi connectivity index (χ1n) is 12.8. The molecule has 0 aliphatic rings. The van der Waals surface area contributed by atoms with Gasteiger partial charge in [0.05, 0.1) is 0 Å². The SMILES string of the molecule is C=CCC/C=C/c1ccc(-c2ncnc(/C(C=C(C)C)=C/C=C/C(=C(/C)CC)[C@@H](C)CC=C)n2)cc1. The highest BCUT2D eigenvalue weighted by molar-refractivity contribution is 5.72. The molecule has 188 valence electrons. The molecule has 0 radical (unpaired) electrons. The Bertz CT molecular complexity index is 1150. The minimum Gasteiger partial charge on any atom is -0.217 e. The highest BCUT2D eigenvalue weighted by atomic mass is 15.0. The average Bonchev–Trinajstić information content (AvgIpc) is 2.88. The summed E-state index contributed by atoms with van der Waals surface area (Å²) in [6.45, 7) is 18.5. The lowest BCUT2D eigenvalue weighted by Gasteiger charge is -2.14. The molecule has 0 saturated heterocycles. The predicted molar refractivity (Wildman–Crippen MR) is 157 cm³/mol. The molecule has 0 aliphatic heterocycles. The van der Waals surface area contributed by atoms with Crippen LogP contribution in [0.25, 0.3) is 23.0 Å². The summed E-state index contributed by atoms with van der Waals surface area (Å²) in [4.78, 5) is 13.7. The van der Waals surface area contributed by atoms with Gasteiger partial charge in [0.25, 0.3) is 0 Å². The van der Waals surface area contributed by atoms with E-state index in [0.29, 0.717) is 17.6 Å². The van der Waals surface area contributed by atoms with Crippen molar-refractivity contribution in [3.8, 4) is 11.4 Å². The number of aromatic nitrogens is 3. The van der Waals surface area contributed by atoms with Crippen molar-refractivity contribution < 1.29 is 0 Å². The molecular weight excluding hydrogens is 438 g/mol. The van der Waals surface area contributed by atoms with Gasteiger partial charge in [-0.15, -0.1) is 13.2 Å². The fourth-order valence-electron chi connectivity index (χ4n) is 3.81. The molecule has 1 aromatic heterocycles. The number of nitrogens with zero attached hydrogens (tertiary/aromatic N) is 3. The molecule has 0 aliphatic carbocycles. The lowest BCUT2D eigenvalue weighted by atomic mass is 9.92. The normalized spacial score (nSPS) is 13.5. The summed E-state index contributed by atoms with van der Waals surface area (Å²) in [7, 11) is 0. The molecule has 0 N–H and O–H groups in total. The average molecular weight is 480 g/mol. The maximum absolute atomic E-state index is 4.80. The van der Waals surface area contributed by atoms with Crippen molar-refractivity contribution in [1.82, 2.24) is 15.0 Å². The Morgan fingerprint density at radius 3 is 2.39 bits per heavy atom. The number of hydrogen-bond acceptors (Lipinski definition) is 3. The zero-order valence-electron chi connectivity index (χ0n) is 22.7. The van der Waals surface area contributed by atoms with Crippen molar-refractivity contribution in [3.63, 3.8) is 0 Å². The van der Waals surface area contributed by atoms with Gasteiger partial charge >= 0.3 is 0 Å². The maximum atomic E-state index is 4.80. The second-order valence-corrected chi connectivity index (χ2v) is 9.24. The molecule has 2 aromatic rings. The second-order valence-electron chi connectivity index (χ2n) is 9.24. The molecular formula is C33H41N3. The van der Waals surface area contributed by atoms with E-state index in [4.69, 9.17) is 4.98 Å². The van der Waals surface area contributed by atoms with Crippen LogP contribution in [-0.2, 0) is 0 Å². The molecule has 3 nitrogen and oxygen atoms in total. The van der Waals surface area contributed by atoms with Crippen molar-refractivity contribution in [3.05, 3.63) is 114 Å². The Labute approximate surface area is 218 Å². The molecule has 2 rings (SSSR count). The molecule has 0 amide bonds. The molecule has 3 heteroatoms. The molecule has 0 unspecified atom stereocenters. The third-order valence-corrected chi connectivity index (χ3v) is 5.92. The largest absolute Gasteiger partial charge is 0.217 e. The maximum Gasteiger partial charge on any atom is 0.163 e. The van der Waals surface area contributed by atoms with Crippen LogP contribution in [0.1, 0.15) is 71.7 Å². The van der Waals surface area contributed by atoms with Gasteiger partial charge in [0.15, 0.2) is 11.6 Å². The van der Waals surface area contributed by atoms with E-state index in [0.717, 1.165) is 42.4 Å². The van der Waals surface area contributed by atoms with Crippen LogP contribution in [0.5, 0.6) is 0 Å². The summed E-state index contributed by atoms with van der Waals surface area (Å²) in [5.74, 6) is 1.76. The Morgan fingerprint density at radius 2 is 1.75 bits per heavy atom. The molecule has 1 aromatic carbocycles. The van der Waals surface area contributed by atoms with Crippen LogP contribution in [0.3, 0.4) is 0 Å². The van der Waals surface area contributed by atoms with Crippen LogP contribution in [0.4, 0.5) is 0 Å². The highest BCUT2D eigenvalue weighted by Crippen LogP contribution is 2.24. The smallest absolute Gasteiger partial charge is 0.163 e. The molecule has 0 bridgehead atoms. The quantitative estimate of drug-likeness (QED) is 0.163. The van der Waals surface area contributed by atoms with Crippen molar-refractivity contribution in [1.29, 1.82) is 0 Å². The number of allylic oxidation sites excluding steroid dienone is 11. The Morgan fingerprint density at radius 1 is 1.00 bits per heavy atom. The minimum atomic E-state index is 0.433. The van der Waals surface area contributed by atoms with Crippen LogP contribution < -0.4 is 0 Å². The first-order valence-corrected chi connectivity index (χ1v) is 12.8. The lowest BCUT2D eigenvalue weighted by molar-refractivity contribution is 0.700. The van der Waals surface area contributed by atoms with Gasteiger partial charge in [-0.1, -0.05) is 97.9 Å². The van der Waals surface area contributed by atoms with Gasteiger partial charge in [0.2, 0.25) is 0 Å². The summed E-state index contributed by atoms with van der Waals surface area (Å²) in [6.07, 6.45) is 22.3. The van der Waals surface area contributed by atoms with E-state index in [1.54, 1.807) is 6.33 Å². The topological polar surface area (TPSA) is 38.7 Å². The summed E-state index contributed by atoms with van der Waals surface area (Å²) in [5.41, 5.74) is 7.03. The standard InChI is InChI=1S/C33H41N3/c1-8-11-12-13-16-28-19-21-29(22-20-28)32-34-24-35-33(36-32)30(23-25(4)5)17-14-18-31(26(6)10-3)27(7)15-9-2/h8-9,13-14,16-24,27H,1-2,10-12,15H2,3-7H3/b16-13+,18-14+,30-17+,31-26+/t27-/m0/s1. The Kier molecular flexibility index (Phi) is 12.3. The zero-order chi connectivity index (χ0) is 26.3. The Hall–Kier alpha value is -3.59. The van der Waals surface area contributed by atoms with Gasteiger partial charge in [-0.05, 0) is 63.5 Å². The summed E-state index contributed by atoms with van der Waals surface area (Å²) >= 11 is 0. The second kappa shape index (κ2) is 15.4. The molecule has 1 atom stereocenters. The van der Waals surface area contributed by atoms with Gasteiger partial charge in [0.1, 0.15) is 6.33 Å². The van der Waals surface area contributed by atoms with Crippen LogP contribution in [-0.4, -0.2) is 15.0 Å². The van der Waals surface area contributed by atoms with E-state index < -0.39 is 0 Å². The first kappa shape index (κ1) is 28.6. The predicted octanol–water partition coefficient (Wildman–Crippen LogP) is 9.36. The van der Waals surface area contributed by atoms with E-state index in [1.165, 1.54) is 16.7 Å². The van der Waals surface area contributed by atoms with E-state index >= 15 is 0 Å². The van der Waals surface area contributed by atoms with Gasteiger partial charge < -0.3 is 0 Å². The van der Waals surface area contributed by atoms with E-state index in [-0.39, 0.29) is 0 Å². The first-order chi connectivity index (χ1) is 17.4. The minimum absolute atomic E-state index is 0.433. The molecule has 1 heterocycles. The van der Waals surface area contributed by atoms with E-state index in [1.807, 2.05) is 12.2 Å². The van der Waals surface area contributed by atoms with Crippen LogP contribution in [0.15, 0.2) is 103 Å². The van der Waals surface area contributed by atoms with Gasteiger partial charge in [-0.2, -0.15) is 0 Å². The number of hydrogen-bond donors (Lipinski definition) is 0. The molecule has 0 spiro atoms. The Balaban J connectivity index is 2.36. The van der Waals surface area contributed by atoms with Crippen LogP contribution in [0, 0.1) is 5.92 Å². The van der Waals surface area contributed by atoms with Crippen LogP contribution >= 0.6 is 0 Å². The van der Waals surface area contributed by atoms with Gasteiger partial charge in [-0.3, -0.25) is 0 Å². The monoisotopic (exact) mass is 479 g/mol. The lowest BCUT2D eigenvalue weighted by Crippen LogP contribution is -1.99. The summed E-state index contributed by atoms with van der Waals surface area (Å²) < 4.78 is 0. The fourth-order valence-corrected chi connectivity index (χ4v) is 3.81. The van der Waals surface area contributed by atoms with Crippen molar-refractivity contribution >= 4 is 11.6 Å². The van der Waals surface area contributed by atoms with E-state index in [9.17, 15) is 0 Å². The number of benzene rings is 1. The third kappa shape index (κ3) is 9.22. The third-order valence-electron chi connectivity index (χ3n) is 5.92. The molecule has 0 saturated carbocycles. The zero-order valence-corrected chi connectivity index (χ0v) is 22.7. The van der Waals surface area contributed by atoms with Gasteiger partial charge in [-0.25, -0.2) is 15.0 Å². The van der Waals surface area contributed by atoms with Crippen LogP contribution in [0.2, 0.25) is 0 Å². The van der Waals surface area contributed by atoms with Crippen molar-refractivity contribution in [2.75, 3.05) is 0 Å². The van der Waals surface area contributed by atoms with Crippen molar-refractivity contribution in [2.45, 2.75) is 60.3 Å². The fraction of sp³-hybridized carbons (Fsp3) is 0.303. The highest BCUT2D eigenvalue weighted by Gasteiger charge is 2.09. The summed E-state index contributed by atoms with van der Waals surface area (Å²) in [5, 5.41) is 0.